The number of benzene rings is 3. The number of alkyl halides is 4. The molecule has 0 spiro atoms. The first kappa shape index (κ1) is 24.6. The van der Waals surface area contributed by atoms with E-state index in [-0.39, 0.29) is 27.5 Å². The third-order valence-electron chi connectivity index (χ3n) is 4.75. The molecule has 170 valence electrons. The number of nitrogens with one attached hydrogen (secondary N) is 1. The molecule has 1 amide bonds. The van der Waals surface area contributed by atoms with Gasteiger partial charge < -0.3 is 11.1 Å². The summed E-state index contributed by atoms with van der Waals surface area (Å²) in [6.07, 6.45) is -5.36. The summed E-state index contributed by atoms with van der Waals surface area (Å²) >= 11 is 17.9. The lowest BCUT2D eigenvalue weighted by molar-refractivity contribution is -0.219. The fourth-order valence-corrected chi connectivity index (χ4v) is 3.76. The lowest BCUT2D eigenvalue weighted by Crippen LogP contribution is -2.39. The van der Waals surface area contributed by atoms with Crippen molar-refractivity contribution in [3.63, 3.8) is 0 Å². The van der Waals surface area contributed by atoms with Gasteiger partial charge in [0.2, 0.25) is 0 Å². The van der Waals surface area contributed by atoms with Gasteiger partial charge >= 0.3 is 6.18 Å². The number of rotatable bonds is 4. The fourth-order valence-electron chi connectivity index (χ4n) is 3.06. The molecule has 0 bridgehead atoms. The number of amides is 1. The molecule has 0 saturated carbocycles. The molecule has 3 aromatic rings. The zero-order valence-corrected chi connectivity index (χ0v) is 18.5. The third kappa shape index (κ3) is 4.71. The van der Waals surface area contributed by atoms with Crippen molar-refractivity contribution >= 4 is 52.1 Å². The Hall–Kier alpha value is -2.99. The highest BCUT2D eigenvalue weighted by atomic mass is 35.5. The molecular formula is C22H12Cl3F4N3O. The Balaban J connectivity index is 2.02. The van der Waals surface area contributed by atoms with E-state index >= 15 is 4.39 Å². The van der Waals surface area contributed by atoms with E-state index in [1.54, 1.807) is 0 Å². The number of nitriles is 1. The van der Waals surface area contributed by atoms with Gasteiger partial charge in [-0.1, -0.05) is 46.9 Å². The van der Waals surface area contributed by atoms with Crippen LogP contribution in [0.3, 0.4) is 0 Å². The second-order valence-corrected chi connectivity index (χ2v) is 8.10. The first-order valence-electron chi connectivity index (χ1n) is 9.00. The molecule has 3 aromatic carbocycles. The smallest absolute Gasteiger partial charge is 0.398 e. The monoisotopic (exact) mass is 515 g/mol. The third-order valence-corrected chi connectivity index (χ3v) is 5.59. The van der Waals surface area contributed by atoms with Crippen LogP contribution in [0.5, 0.6) is 0 Å². The Labute approximate surface area is 200 Å². The Morgan fingerprint density at radius 3 is 1.97 bits per heavy atom. The molecule has 1 atom stereocenters. The Morgan fingerprint density at radius 1 is 0.909 bits per heavy atom. The van der Waals surface area contributed by atoms with E-state index in [0.29, 0.717) is 0 Å². The normalized spacial score (nSPS) is 13.2. The van der Waals surface area contributed by atoms with Crippen LogP contribution in [0, 0.1) is 11.3 Å². The van der Waals surface area contributed by atoms with Crippen molar-refractivity contribution in [1.29, 1.82) is 5.26 Å². The molecule has 0 fully saturated rings. The van der Waals surface area contributed by atoms with Crippen molar-refractivity contribution < 1.29 is 22.4 Å². The van der Waals surface area contributed by atoms with Crippen molar-refractivity contribution in [3.05, 3.63) is 91.9 Å². The van der Waals surface area contributed by atoms with Crippen LogP contribution in [0.4, 0.5) is 28.9 Å². The van der Waals surface area contributed by atoms with Gasteiger partial charge in [-0.3, -0.25) is 4.79 Å². The van der Waals surface area contributed by atoms with Crippen LogP contribution in [0.25, 0.3) is 0 Å². The van der Waals surface area contributed by atoms with E-state index in [9.17, 15) is 18.0 Å². The van der Waals surface area contributed by atoms with Gasteiger partial charge in [0.15, 0.2) is 0 Å². The van der Waals surface area contributed by atoms with Crippen LogP contribution >= 0.6 is 34.8 Å². The van der Waals surface area contributed by atoms with Gasteiger partial charge in [-0.15, -0.1) is 0 Å². The molecule has 0 heterocycles. The predicted molar refractivity (Wildman–Crippen MR) is 119 cm³/mol. The number of nitrogen functional groups attached to an aromatic ring is 1. The van der Waals surface area contributed by atoms with Gasteiger partial charge in [0.05, 0.1) is 27.0 Å². The fraction of sp³-hybridized carbons (Fsp3) is 0.0909. The van der Waals surface area contributed by atoms with Gasteiger partial charge in [0, 0.05) is 21.7 Å². The van der Waals surface area contributed by atoms with E-state index in [4.69, 9.17) is 45.8 Å². The van der Waals surface area contributed by atoms with Gasteiger partial charge in [-0.05, 0) is 42.5 Å². The average Bonchev–Trinajstić information content (AvgIpc) is 2.75. The molecule has 33 heavy (non-hydrogen) atoms. The van der Waals surface area contributed by atoms with Crippen molar-refractivity contribution in [3.8, 4) is 6.07 Å². The highest BCUT2D eigenvalue weighted by Crippen LogP contribution is 2.50. The summed E-state index contributed by atoms with van der Waals surface area (Å²) in [6.45, 7) is 0. The Morgan fingerprint density at radius 2 is 1.48 bits per heavy atom. The lowest BCUT2D eigenvalue weighted by atomic mass is 9.87. The number of carbonyl (C=O) groups is 1. The number of carbonyl (C=O) groups excluding carboxylic acids is 1. The molecule has 0 saturated heterocycles. The molecule has 0 aliphatic heterocycles. The molecule has 3 rings (SSSR count). The van der Waals surface area contributed by atoms with Gasteiger partial charge in [0.25, 0.3) is 11.6 Å². The van der Waals surface area contributed by atoms with Crippen LogP contribution in [-0.4, -0.2) is 12.1 Å². The van der Waals surface area contributed by atoms with E-state index < -0.39 is 38.9 Å². The van der Waals surface area contributed by atoms with Crippen LogP contribution < -0.4 is 11.1 Å². The molecule has 0 aliphatic rings. The molecule has 4 nitrogen and oxygen atoms in total. The van der Waals surface area contributed by atoms with E-state index in [1.165, 1.54) is 18.2 Å². The Bertz CT molecular complexity index is 1250. The largest absolute Gasteiger partial charge is 0.431 e. The molecule has 0 aromatic heterocycles. The minimum absolute atomic E-state index is 0.0407. The summed E-state index contributed by atoms with van der Waals surface area (Å²) in [5.41, 5.74) is 0.145. The average molecular weight is 517 g/mol. The highest BCUT2D eigenvalue weighted by molar-refractivity contribution is 6.40. The van der Waals surface area contributed by atoms with Gasteiger partial charge in [-0.2, -0.15) is 18.4 Å². The molecule has 1 unspecified atom stereocenters. The highest BCUT2D eigenvalue weighted by Gasteiger charge is 2.58. The number of halogens is 7. The molecular weight excluding hydrogens is 505 g/mol. The van der Waals surface area contributed by atoms with E-state index in [1.807, 2.05) is 6.07 Å². The van der Waals surface area contributed by atoms with E-state index in [0.717, 1.165) is 36.4 Å². The van der Waals surface area contributed by atoms with Crippen LogP contribution in [-0.2, 0) is 5.67 Å². The van der Waals surface area contributed by atoms with Crippen molar-refractivity contribution in [2.75, 3.05) is 11.1 Å². The van der Waals surface area contributed by atoms with Crippen molar-refractivity contribution in [1.82, 2.24) is 0 Å². The maximum Gasteiger partial charge on any atom is 0.431 e. The number of nitrogens with zero attached hydrogens (tertiary/aromatic N) is 1. The zero-order chi connectivity index (χ0) is 24.6. The second-order valence-electron chi connectivity index (χ2n) is 6.85. The SMILES string of the molecule is N#Cc1ccc(C(=O)Nc2c(Cl)cc(C(F)(c3ccc(Cl)cc3)C(F)(F)F)cc2Cl)cc1N. The molecule has 0 radical (unpaired) electrons. The topological polar surface area (TPSA) is 78.9 Å². The van der Waals surface area contributed by atoms with Crippen LogP contribution in [0.15, 0.2) is 54.6 Å². The molecule has 3 N–H and O–H groups in total. The molecule has 0 aliphatic carbocycles. The standard InChI is InChI=1S/C22H12Cl3F4N3O/c23-15-5-3-13(4-6-15)21(26,22(27,28)29)14-8-16(24)19(17(25)9-14)32-20(33)11-1-2-12(10-30)18(31)7-11/h1-9H,31H2,(H,32,33). The maximum absolute atomic E-state index is 15.6. The quantitative estimate of drug-likeness (QED) is 0.286. The summed E-state index contributed by atoms with van der Waals surface area (Å²) < 4.78 is 57.2. The first-order valence-corrected chi connectivity index (χ1v) is 10.1. The van der Waals surface area contributed by atoms with Crippen molar-refractivity contribution in [2.24, 2.45) is 0 Å². The lowest BCUT2D eigenvalue weighted by Gasteiger charge is -2.29. The summed E-state index contributed by atoms with van der Waals surface area (Å²) in [5.74, 6) is -0.747. The second kappa shape index (κ2) is 9.10. The number of anilines is 2. The minimum atomic E-state index is -5.36. The number of hydrogen-bond donors (Lipinski definition) is 2. The van der Waals surface area contributed by atoms with Crippen molar-refractivity contribution in [2.45, 2.75) is 11.8 Å². The summed E-state index contributed by atoms with van der Waals surface area (Å²) in [4.78, 5) is 12.5. The van der Waals surface area contributed by atoms with Gasteiger partial charge in [-0.25, -0.2) is 4.39 Å². The summed E-state index contributed by atoms with van der Waals surface area (Å²) in [5, 5.41) is 10.6. The van der Waals surface area contributed by atoms with Crippen LogP contribution in [0.1, 0.15) is 27.0 Å². The first-order chi connectivity index (χ1) is 15.4. The number of nitrogens with two attached hydrogens (primary N) is 1. The summed E-state index contributed by atoms with van der Waals surface area (Å²) in [6, 6.07) is 11.2. The Kier molecular flexibility index (Phi) is 6.80. The maximum atomic E-state index is 15.6. The molecule has 11 heteroatoms. The van der Waals surface area contributed by atoms with Crippen LogP contribution in [0.2, 0.25) is 15.1 Å². The predicted octanol–water partition coefficient (Wildman–Crippen LogP) is 7.13. The number of hydrogen-bond acceptors (Lipinski definition) is 3. The van der Waals surface area contributed by atoms with E-state index in [2.05, 4.69) is 5.32 Å². The van der Waals surface area contributed by atoms with Gasteiger partial charge in [0.1, 0.15) is 6.07 Å². The summed E-state index contributed by atoms with van der Waals surface area (Å²) in [7, 11) is 0. The zero-order valence-electron chi connectivity index (χ0n) is 16.3. The minimum Gasteiger partial charge on any atom is -0.398 e.